The van der Waals surface area contributed by atoms with Gasteiger partial charge in [0.15, 0.2) is 16.1 Å². The molecule has 0 spiro atoms. The van der Waals surface area contributed by atoms with E-state index in [-0.39, 0.29) is 0 Å². The second kappa shape index (κ2) is 18.9. The first-order valence-electron chi connectivity index (χ1n) is 26.3. The van der Waals surface area contributed by atoms with E-state index < -0.39 is 16.1 Å². The Hall–Kier alpha value is -9.33. The molecule has 0 unspecified atom stereocenters. The Morgan fingerprint density at radius 2 is 0.605 bits per heavy atom. The van der Waals surface area contributed by atoms with Gasteiger partial charge in [0.05, 0.1) is 22.1 Å². The standard InChI is InChI=1S/C72H52N2Si2/c1-8-26-53(27-9-1)54-28-24-42-62(50-54)76(60-38-18-6-19-39-60,61-40-20-7-21-41-61)64-46-48-69-67(52-64)71-70(49-47-66-65-44-22-23-45-68(65)74(72(66)71)55-29-10-2-11-30-55)73(69)56-31-25-43-63(51-56)75(57-32-12-3-13-33-57,58-34-14-4-15-35-58)59-36-16-5-17-37-59/h1-52H. The minimum atomic E-state index is -3.07. The van der Waals surface area contributed by atoms with Crippen molar-refractivity contribution in [1.82, 2.24) is 9.13 Å². The average molecular weight is 1000 g/mol. The van der Waals surface area contributed by atoms with Crippen molar-refractivity contribution in [1.29, 1.82) is 0 Å². The van der Waals surface area contributed by atoms with Crippen molar-refractivity contribution in [3.05, 3.63) is 315 Å². The molecule has 0 fully saturated rings. The topological polar surface area (TPSA) is 9.86 Å². The van der Waals surface area contributed by atoms with E-state index in [0.717, 1.165) is 11.4 Å². The van der Waals surface area contributed by atoms with Crippen molar-refractivity contribution < 1.29 is 0 Å². The predicted molar refractivity (Wildman–Crippen MR) is 328 cm³/mol. The smallest absolute Gasteiger partial charge is 0.179 e. The Morgan fingerprint density at radius 3 is 1.17 bits per heavy atom. The fraction of sp³-hybridized carbons (Fsp3) is 0. The molecule has 0 radical (unpaired) electrons. The molecule has 0 saturated heterocycles. The predicted octanol–water partition coefficient (Wildman–Crippen LogP) is 12.3. The van der Waals surface area contributed by atoms with Crippen molar-refractivity contribution in [3.63, 3.8) is 0 Å². The zero-order valence-electron chi connectivity index (χ0n) is 41.9. The molecule has 2 nitrogen and oxygen atoms in total. The van der Waals surface area contributed by atoms with Crippen molar-refractivity contribution in [3.8, 4) is 22.5 Å². The number of hydrogen-bond acceptors (Lipinski definition) is 0. The summed E-state index contributed by atoms with van der Waals surface area (Å²) in [5.74, 6) is 0. The Kier molecular flexibility index (Phi) is 11.2. The molecule has 76 heavy (non-hydrogen) atoms. The van der Waals surface area contributed by atoms with E-state index in [0.29, 0.717) is 0 Å². The molecule has 0 aliphatic rings. The van der Waals surface area contributed by atoms with Gasteiger partial charge >= 0.3 is 0 Å². The van der Waals surface area contributed by atoms with Crippen LogP contribution in [0.5, 0.6) is 0 Å². The molecule has 14 aromatic rings. The highest BCUT2D eigenvalue weighted by Crippen LogP contribution is 2.42. The minimum Gasteiger partial charge on any atom is -0.309 e. The van der Waals surface area contributed by atoms with Gasteiger partial charge in [0, 0.05) is 32.9 Å². The minimum absolute atomic E-state index is 1.14. The van der Waals surface area contributed by atoms with Crippen LogP contribution >= 0.6 is 0 Å². The van der Waals surface area contributed by atoms with Gasteiger partial charge in [-0.2, -0.15) is 0 Å². The first-order chi connectivity index (χ1) is 37.7. The van der Waals surface area contributed by atoms with Gasteiger partial charge in [-0.1, -0.05) is 273 Å². The molecule has 0 bridgehead atoms. The van der Waals surface area contributed by atoms with Gasteiger partial charge in [0.25, 0.3) is 0 Å². The lowest BCUT2D eigenvalue weighted by Gasteiger charge is -2.35. The Balaban J connectivity index is 1.13. The van der Waals surface area contributed by atoms with Crippen molar-refractivity contribution >= 4 is 101 Å². The molecule has 2 heterocycles. The Morgan fingerprint density at radius 1 is 0.211 bits per heavy atom. The van der Waals surface area contributed by atoms with Gasteiger partial charge in [-0.15, -0.1) is 0 Å². The van der Waals surface area contributed by atoms with Crippen molar-refractivity contribution in [2.75, 3.05) is 0 Å². The summed E-state index contributed by atoms with van der Waals surface area (Å²) < 4.78 is 5.08. The molecular formula is C72H52N2Si2. The lowest BCUT2D eigenvalue weighted by Crippen LogP contribution is -2.74. The molecule has 0 amide bonds. The summed E-state index contributed by atoms with van der Waals surface area (Å²) in [4.78, 5) is 0. The third-order valence-electron chi connectivity index (χ3n) is 16.0. The van der Waals surface area contributed by atoms with E-state index in [9.17, 15) is 0 Å². The SMILES string of the molecule is c1ccc(-c2cccc([Si](c3ccccc3)(c3ccccc3)c3ccc4c(c3)c3c(ccc5c6ccccc6n(-c6ccccc6)c53)n4-c3cccc([Si](c4ccccc4)(c4ccccc4)c4ccccc4)c3)c2)cc1. The van der Waals surface area contributed by atoms with Crippen molar-refractivity contribution in [2.24, 2.45) is 0 Å². The van der Waals surface area contributed by atoms with E-state index in [1.807, 2.05) is 0 Å². The quantitative estimate of drug-likeness (QED) is 0.0903. The summed E-state index contributed by atoms with van der Waals surface area (Å²) in [7, 11) is -5.96. The molecule has 4 heteroatoms. The summed E-state index contributed by atoms with van der Waals surface area (Å²) in [6.45, 7) is 0. The van der Waals surface area contributed by atoms with Crippen LogP contribution in [0.3, 0.4) is 0 Å². The third kappa shape index (κ3) is 7.14. The van der Waals surface area contributed by atoms with Crippen LogP contribution in [0.1, 0.15) is 0 Å². The van der Waals surface area contributed by atoms with Gasteiger partial charge in [-0.3, -0.25) is 0 Å². The second-order valence-corrected chi connectivity index (χ2v) is 27.6. The first kappa shape index (κ1) is 45.3. The Labute approximate surface area is 445 Å². The van der Waals surface area contributed by atoms with E-state index >= 15 is 0 Å². The highest BCUT2D eigenvalue weighted by Gasteiger charge is 2.43. The monoisotopic (exact) mass is 1000 g/mol. The van der Waals surface area contributed by atoms with Gasteiger partial charge < -0.3 is 9.13 Å². The van der Waals surface area contributed by atoms with Crippen LogP contribution in [-0.2, 0) is 0 Å². The number of para-hydroxylation sites is 2. The summed E-state index contributed by atoms with van der Waals surface area (Å²) in [6, 6.07) is 118. The van der Waals surface area contributed by atoms with E-state index in [2.05, 4.69) is 325 Å². The lowest BCUT2D eigenvalue weighted by atomic mass is 10.1. The number of hydrogen-bond donors (Lipinski definition) is 0. The molecule has 2 aromatic heterocycles. The summed E-state index contributed by atoms with van der Waals surface area (Å²) >= 11 is 0. The molecular weight excluding hydrogens is 949 g/mol. The van der Waals surface area contributed by atoms with Crippen LogP contribution < -0.4 is 41.5 Å². The van der Waals surface area contributed by atoms with Gasteiger partial charge in [-0.25, -0.2) is 0 Å². The van der Waals surface area contributed by atoms with Crippen LogP contribution in [0.15, 0.2) is 315 Å². The average Bonchev–Trinajstić information content (AvgIpc) is 4.11. The molecule has 12 aromatic carbocycles. The highest BCUT2D eigenvalue weighted by molar-refractivity contribution is 7.20. The summed E-state index contributed by atoms with van der Waals surface area (Å²) in [5.41, 5.74) is 9.44. The molecule has 14 rings (SSSR count). The van der Waals surface area contributed by atoms with Crippen molar-refractivity contribution in [2.45, 2.75) is 0 Å². The van der Waals surface area contributed by atoms with Crippen LogP contribution in [0.4, 0.5) is 0 Å². The fourth-order valence-electron chi connectivity index (χ4n) is 12.8. The molecule has 0 saturated carbocycles. The number of aromatic nitrogens is 2. The normalized spacial score (nSPS) is 11.9. The maximum absolute atomic E-state index is 3.07. The third-order valence-corrected chi connectivity index (χ3v) is 25.5. The zero-order chi connectivity index (χ0) is 50.5. The van der Waals surface area contributed by atoms with Crippen LogP contribution in [0.25, 0.3) is 66.1 Å². The summed E-state index contributed by atoms with van der Waals surface area (Å²) in [6.07, 6.45) is 0. The molecule has 0 N–H and O–H groups in total. The Bertz CT molecular complexity index is 4230. The molecule has 0 aliphatic heterocycles. The second-order valence-electron chi connectivity index (χ2n) is 19.9. The number of nitrogens with zero attached hydrogens (tertiary/aromatic N) is 2. The summed E-state index contributed by atoms with van der Waals surface area (Å²) in [5, 5.41) is 15.7. The molecule has 0 aliphatic carbocycles. The van der Waals surface area contributed by atoms with E-state index in [1.165, 1.54) is 96.2 Å². The highest BCUT2D eigenvalue weighted by atomic mass is 28.3. The van der Waals surface area contributed by atoms with Gasteiger partial charge in [-0.05, 0) is 95.1 Å². The maximum Gasteiger partial charge on any atom is 0.179 e. The van der Waals surface area contributed by atoms with Crippen LogP contribution in [-0.4, -0.2) is 25.3 Å². The van der Waals surface area contributed by atoms with Crippen LogP contribution in [0, 0.1) is 0 Å². The first-order valence-corrected chi connectivity index (χ1v) is 30.3. The van der Waals surface area contributed by atoms with E-state index in [1.54, 1.807) is 0 Å². The number of rotatable bonds is 11. The zero-order valence-corrected chi connectivity index (χ0v) is 43.9. The fourth-order valence-corrected chi connectivity index (χ4v) is 22.4. The molecule has 358 valence electrons. The van der Waals surface area contributed by atoms with Gasteiger partial charge in [0.2, 0.25) is 0 Å². The number of benzene rings is 12. The molecule has 0 atom stereocenters. The maximum atomic E-state index is 2.60. The lowest BCUT2D eigenvalue weighted by molar-refractivity contribution is 1.18. The van der Waals surface area contributed by atoms with Gasteiger partial charge in [0.1, 0.15) is 0 Å². The number of fused-ring (bicyclic) bond motifs is 7. The van der Waals surface area contributed by atoms with E-state index in [4.69, 9.17) is 0 Å². The largest absolute Gasteiger partial charge is 0.309 e. The van der Waals surface area contributed by atoms with Crippen LogP contribution in [0.2, 0.25) is 0 Å².